The van der Waals surface area contributed by atoms with Gasteiger partial charge in [-0.3, -0.25) is 19.3 Å². The van der Waals surface area contributed by atoms with Gasteiger partial charge in [-0.25, -0.2) is 0 Å². The molecule has 0 spiro atoms. The van der Waals surface area contributed by atoms with Crippen molar-refractivity contribution in [3.63, 3.8) is 0 Å². The minimum absolute atomic E-state index is 0.0283. The molecule has 1 aliphatic carbocycles. The van der Waals surface area contributed by atoms with Crippen molar-refractivity contribution in [3.8, 4) is 6.07 Å². The molecule has 3 saturated heterocycles. The van der Waals surface area contributed by atoms with Gasteiger partial charge in [0.1, 0.15) is 6.04 Å². The number of nitrogens with zero attached hydrogens (tertiary/aromatic N) is 4. The Bertz CT molecular complexity index is 974. The zero-order valence-corrected chi connectivity index (χ0v) is 16.5. The Morgan fingerprint density at radius 3 is 2.77 bits per heavy atom. The molecule has 0 radical (unpaired) electrons. The van der Waals surface area contributed by atoms with E-state index in [9.17, 15) is 19.6 Å². The van der Waals surface area contributed by atoms with Crippen molar-refractivity contribution in [2.75, 3.05) is 18.0 Å². The summed E-state index contributed by atoms with van der Waals surface area (Å²) < 4.78 is 0. The second kappa shape index (κ2) is 6.79. The summed E-state index contributed by atoms with van der Waals surface area (Å²) in [6.45, 7) is 0.916. The second-order valence-corrected chi connectivity index (χ2v) is 8.78. The molecule has 3 amide bonds. The van der Waals surface area contributed by atoms with E-state index in [0.717, 1.165) is 12.8 Å². The molecule has 2 bridgehead atoms. The number of rotatable bonds is 5. The molecule has 4 fully saturated rings. The number of benzene rings is 1. The Morgan fingerprint density at radius 2 is 2.07 bits per heavy atom. The van der Waals surface area contributed by atoms with Gasteiger partial charge in [-0.2, -0.15) is 5.26 Å². The maximum absolute atomic E-state index is 13.0. The minimum atomic E-state index is -0.751. The molecule has 9 nitrogen and oxygen atoms in total. The molecule has 1 aromatic rings. The molecule has 1 unspecified atom stereocenters. The van der Waals surface area contributed by atoms with Crippen LogP contribution in [0.1, 0.15) is 29.6 Å². The first-order valence-electron chi connectivity index (χ1n) is 10.3. The summed E-state index contributed by atoms with van der Waals surface area (Å²) in [4.78, 5) is 42.8. The number of nitriles is 1. The summed E-state index contributed by atoms with van der Waals surface area (Å²) in [5.74, 6) is -0.325. The van der Waals surface area contributed by atoms with Crippen LogP contribution in [0.5, 0.6) is 0 Å². The molecule has 1 saturated carbocycles. The number of piperidine rings is 1. The van der Waals surface area contributed by atoms with E-state index in [4.69, 9.17) is 11.5 Å². The maximum atomic E-state index is 13.0. The molecule has 0 aromatic heterocycles. The number of hydrogen-bond acceptors (Lipinski definition) is 6. The molecule has 5 rings (SSSR count). The van der Waals surface area contributed by atoms with E-state index < -0.39 is 11.9 Å². The largest absolute Gasteiger partial charge is 0.366 e. The van der Waals surface area contributed by atoms with Gasteiger partial charge in [-0.05, 0) is 43.4 Å². The number of primary amides is 1. The van der Waals surface area contributed by atoms with Crippen LogP contribution in [0.15, 0.2) is 24.3 Å². The number of fused-ring (bicyclic) bond motifs is 3. The fourth-order valence-electron chi connectivity index (χ4n) is 5.42. The van der Waals surface area contributed by atoms with E-state index in [2.05, 4.69) is 6.07 Å². The Kier molecular flexibility index (Phi) is 4.31. The first-order valence-corrected chi connectivity index (χ1v) is 10.3. The monoisotopic (exact) mass is 408 g/mol. The topological polar surface area (TPSA) is 137 Å². The first kappa shape index (κ1) is 19.0. The summed E-state index contributed by atoms with van der Waals surface area (Å²) in [6, 6.07) is 7.67. The summed E-state index contributed by atoms with van der Waals surface area (Å²) in [5, 5.41) is 9.33. The molecule has 6 atom stereocenters. The van der Waals surface area contributed by atoms with Crippen molar-refractivity contribution in [2.24, 2.45) is 17.4 Å². The fraction of sp³-hybridized carbons (Fsp3) is 0.524. The van der Waals surface area contributed by atoms with Crippen molar-refractivity contribution in [1.82, 2.24) is 9.80 Å². The third kappa shape index (κ3) is 2.87. The lowest BCUT2D eigenvalue weighted by atomic mass is 10.1. The number of hydrogen-bond donors (Lipinski definition) is 2. The van der Waals surface area contributed by atoms with Crippen LogP contribution in [0.2, 0.25) is 0 Å². The maximum Gasteiger partial charge on any atom is 0.248 e. The van der Waals surface area contributed by atoms with Gasteiger partial charge in [0.15, 0.2) is 0 Å². The van der Waals surface area contributed by atoms with Crippen LogP contribution >= 0.6 is 0 Å². The third-order valence-corrected chi connectivity index (χ3v) is 6.93. The Morgan fingerprint density at radius 1 is 1.27 bits per heavy atom. The van der Waals surface area contributed by atoms with Crippen LogP contribution in [0.4, 0.5) is 5.69 Å². The predicted octanol–water partition coefficient (Wildman–Crippen LogP) is -0.585. The molecule has 4 aliphatic rings. The number of amides is 3. The van der Waals surface area contributed by atoms with E-state index in [1.807, 2.05) is 4.90 Å². The van der Waals surface area contributed by atoms with Gasteiger partial charge < -0.3 is 21.3 Å². The van der Waals surface area contributed by atoms with E-state index >= 15 is 0 Å². The molecule has 9 heteroatoms. The van der Waals surface area contributed by atoms with E-state index in [0.29, 0.717) is 36.7 Å². The number of piperazine rings is 1. The average molecular weight is 408 g/mol. The van der Waals surface area contributed by atoms with Crippen LogP contribution in [0, 0.1) is 17.2 Å². The van der Waals surface area contributed by atoms with Crippen molar-refractivity contribution < 1.29 is 14.4 Å². The van der Waals surface area contributed by atoms with E-state index in [-0.39, 0.29) is 36.0 Å². The summed E-state index contributed by atoms with van der Waals surface area (Å²) in [5.41, 5.74) is 12.6. The lowest BCUT2D eigenvalue weighted by Gasteiger charge is -2.35. The van der Waals surface area contributed by atoms with Crippen LogP contribution < -0.4 is 16.4 Å². The minimum Gasteiger partial charge on any atom is -0.366 e. The van der Waals surface area contributed by atoms with Gasteiger partial charge in [0.25, 0.3) is 0 Å². The molecular formula is C21H24N6O3. The average Bonchev–Trinajstić information content (AvgIpc) is 3.07. The number of carbonyl (C=O) groups is 3. The lowest BCUT2D eigenvalue weighted by molar-refractivity contribution is -0.135. The normalized spacial score (nSPS) is 32.8. The summed E-state index contributed by atoms with van der Waals surface area (Å²) in [6.07, 6.45) is 2.37. The number of carbonyl (C=O) groups excluding carboxylic acids is 3. The van der Waals surface area contributed by atoms with E-state index in [1.165, 1.54) is 0 Å². The summed E-state index contributed by atoms with van der Waals surface area (Å²) in [7, 11) is 0. The van der Waals surface area contributed by atoms with Gasteiger partial charge in [-0.15, -0.1) is 0 Å². The first-order chi connectivity index (χ1) is 14.4. The molecule has 1 aromatic carbocycles. The van der Waals surface area contributed by atoms with Crippen LogP contribution in [0.25, 0.3) is 0 Å². The number of anilines is 1. The number of likely N-dealkylation sites (tertiary alicyclic amines) is 2. The zero-order chi connectivity index (χ0) is 21.2. The highest BCUT2D eigenvalue weighted by molar-refractivity contribution is 6.02. The zero-order valence-electron chi connectivity index (χ0n) is 16.5. The fourth-order valence-corrected chi connectivity index (χ4v) is 5.42. The Balaban J connectivity index is 1.26. The van der Waals surface area contributed by atoms with Gasteiger partial charge in [-0.1, -0.05) is 6.07 Å². The van der Waals surface area contributed by atoms with Crippen molar-refractivity contribution in [2.45, 2.75) is 49.5 Å². The molecule has 4 N–H and O–H groups in total. The van der Waals surface area contributed by atoms with Gasteiger partial charge >= 0.3 is 0 Å². The van der Waals surface area contributed by atoms with Crippen LogP contribution in [-0.4, -0.2) is 70.8 Å². The molecule has 3 aliphatic heterocycles. The second-order valence-electron chi connectivity index (χ2n) is 8.78. The smallest absolute Gasteiger partial charge is 0.248 e. The van der Waals surface area contributed by atoms with Crippen LogP contribution in [-0.2, 0) is 9.59 Å². The van der Waals surface area contributed by atoms with E-state index in [1.54, 1.807) is 34.1 Å². The molecule has 156 valence electrons. The standard InChI is InChI=1S/C21H24N6O3/c22-8-14-5-12-6-17(12)27(14)20(29)16(23)10-25-9-15-7-18(25)21(30)26(15)13-3-1-2-11(4-13)19(24)28/h1-4,12,14-18H,5-7,9-10,23H2,(H2,24,28)/t12-,14+,15+,16+,17?,18+/m1/s1. The third-order valence-electron chi connectivity index (χ3n) is 6.93. The molecule has 30 heavy (non-hydrogen) atoms. The van der Waals surface area contributed by atoms with Crippen molar-refractivity contribution in [1.29, 1.82) is 5.26 Å². The Labute approximate surface area is 174 Å². The summed E-state index contributed by atoms with van der Waals surface area (Å²) >= 11 is 0. The van der Waals surface area contributed by atoms with Crippen molar-refractivity contribution in [3.05, 3.63) is 29.8 Å². The lowest BCUT2D eigenvalue weighted by Crippen LogP contribution is -2.57. The van der Waals surface area contributed by atoms with Crippen molar-refractivity contribution >= 4 is 23.4 Å². The number of nitrogens with two attached hydrogens (primary N) is 2. The quantitative estimate of drug-likeness (QED) is 0.668. The van der Waals surface area contributed by atoms with Gasteiger partial charge in [0.2, 0.25) is 17.7 Å². The predicted molar refractivity (Wildman–Crippen MR) is 107 cm³/mol. The van der Waals surface area contributed by atoms with Gasteiger partial charge in [0.05, 0.1) is 24.2 Å². The highest BCUT2D eigenvalue weighted by Gasteiger charge is 2.55. The molecular weight excluding hydrogens is 384 g/mol. The Hall–Kier alpha value is -2.96. The molecule has 3 heterocycles. The highest BCUT2D eigenvalue weighted by atomic mass is 16.2. The highest BCUT2D eigenvalue weighted by Crippen LogP contribution is 2.47. The SMILES string of the molecule is N#C[C@@H]1C[C@@H]2CC2N1C(=O)[C@@H](N)CN1C[C@@H]2C[C@H]1C(=O)N2c1cccc(C(N)=O)c1. The van der Waals surface area contributed by atoms with Gasteiger partial charge in [0, 0.05) is 30.4 Å². The van der Waals surface area contributed by atoms with Crippen LogP contribution in [0.3, 0.4) is 0 Å².